The molecule has 0 aliphatic heterocycles. The number of carbonyl (C=O) groups is 1. The molecular weight excluding hydrogens is 380 g/mol. The van der Waals surface area contributed by atoms with Crippen LogP contribution in [0.25, 0.3) is 11.5 Å². The maximum absolute atomic E-state index is 12.3. The second kappa shape index (κ2) is 9.23. The fourth-order valence-corrected chi connectivity index (χ4v) is 3.11. The molecule has 3 rings (SSSR count). The Morgan fingerprint density at radius 3 is 2.82 bits per heavy atom. The molecule has 0 spiro atoms. The zero-order valence-corrected chi connectivity index (χ0v) is 16.5. The van der Waals surface area contributed by atoms with Gasteiger partial charge in [-0.25, -0.2) is 0 Å². The lowest BCUT2D eigenvalue weighted by atomic mass is 10.1. The zero-order valence-electron chi connectivity index (χ0n) is 15.7. The molecular formula is C19H20N4O4S. The molecule has 2 heterocycles. The van der Waals surface area contributed by atoms with E-state index in [9.17, 15) is 4.79 Å². The molecule has 3 aromatic rings. The van der Waals surface area contributed by atoms with Crippen molar-refractivity contribution in [2.75, 3.05) is 20.0 Å². The third-order valence-electron chi connectivity index (χ3n) is 3.92. The van der Waals surface area contributed by atoms with E-state index in [1.165, 1.54) is 11.8 Å². The largest absolute Gasteiger partial charge is 0.497 e. The minimum atomic E-state index is -0.258. The molecule has 0 bridgehead atoms. The predicted molar refractivity (Wildman–Crippen MR) is 104 cm³/mol. The van der Waals surface area contributed by atoms with Crippen LogP contribution in [0.5, 0.6) is 11.5 Å². The zero-order chi connectivity index (χ0) is 19.9. The first kappa shape index (κ1) is 19.7. The lowest BCUT2D eigenvalue weighted by Crippen LogP contribution is -2.28. The van der Waals surface area contributed by atoms with Crippen molar-refractivity contribution >= 4 is 17.7 Å². The number of benzene rings is 1. The van der Waals surface area contributed by atoms with Crippen molar-refractivity contribution in [2.24, 2.45) is 0 Å². The van der Waals surface area contributed by atoms with Gasteiger partial charge in [0, 0.05) is 18.0 Å². The number of nitrogens with one attached hydrogen (secondary N) is 1. The third-order valence-corrected chi connectivity index (χ3v) is 4.74. The highest BCUT2D eigenvalue weighted by Crippen LogP contribution is 2.29. The van der Waals surface area contributed by atoms with Gasteiger partial charge in [-0.05, 0) is 37.3 Å². The normalized spacial score (nSPS) is 11.7. The van der Waals surface area contributed by atoms with Gasteiger partial charge in [0.2, 0.25) is 11.8 Å². The molecule has 28 heavy (non-hydrogen) atoms. The number of methoxy groups -OCH3 is 2. The molecule has 0 unspecified atom stereocenters. The summed E-state index contributed by atoms with van der Waals surface area (Å²) in [6.45, 7) is 1.88. The maximum atomic E-state index is 12.3. The smallest absolute Gasteiger partial charge is 0.277 e. The number of rotatable bonds is 8. The molecule has 1 amide bonds. The third kappa shape index (κ3) is 4.80. The van der Waals surface area contributed by atoms with Gasteiger partial charge in [0.1, 0.15) is 11.5 Å². The van der Waals surface area contributed by atoms with Gasteiger partial charge in [0.25, 0.3) is 5.22 Å². The standard InChI is InChI=1S/C19H20N4O4S/c1-12(15-9-14(25-2)6-7-16(15)26-3)21-17(24)11-28-19-23-22-18(27-19)13-5-4-8-20-10-13/h4-10,12H,11H2,1-3H3,(H,21,24)/t12-/m1/s1. The van der Waals surface area contributed by atoms with Crippen LogP contribution in [0.4, 0.5) is 0 Å². The van der Waals surface area contributed by atoms with Gasteiger partial charge < -0.3 is 19.2 Å². The Kier molecular flexibility index (Phi) is 6.49. The number of thioether (sulfide) groups is 1. The van der Waals surface area contributed by atoms with E-state index in [-0.39, 0.29) is 17.7 Å². The predicted octanol–water partition coefficient (Wildman–Crippen LogP) is 3.12. The second-order valence-electron chi connectivity index (χ2n) is 5.80. The minimum Gasteiger partial charge on any atom is -0.497 e. The molecule has 146 valence electrons. The van der Waals surface area contributed by atoms with E-state index < -0.39 is 0 Å². The van der Waals surface area contributed by atoms with Gasteiger partial charge in [-0.15, -0.1) is 10.2 Å². The quantitative estimate of drug-likeness (QED) is 0.576. The number of pyridine rings is 1. The lowest BCUT2D eigenvalue weighted by molar-refractivity contribution is -0.119. The molecule has 0 saturated heterocycles. The van der Waals surface area contributed by atoms with Crippen molar-refractivity contribution in [3.05, 3.63) is 48.3 Å². The number of hydrogen-bond acceptors (Lipinski definition) is 8. The Balaban J connectivity index is 1.58. The van der Waals surface area contributed by atoms with E-state index in [0.717, 1.165) is 11.1 Å². The Hall–Kier alpha value is -3.07. The van der Waals surface area contributed by atoms with Crippen LogP contribution in [0, 0.1) is 0 Å². The first-order chi connectivity index (χ1) is 13.6. The van der Waals surface area contributed by atoms with Crippen LogP contribution < -0.4 is 14.8 Å². The van der Waals surface area contributed by atoms with Crippen LogP contribution in [0.1, 0.15) is 18.5 Å². The van der Waals surface area contributed by atoms with Gasteiger partial charge in [0.15, 0.2) is 0 Å². The average molecular weight is 400 g/mol. The van der Waals surface area contributed by atoms with Gasteiger partial charge in [-0.1, -0.05) is 11.8 Å². The summed E-state index contributed by atoms with van der Waals surface area (Å²) >= 11 is 1.17. The number of amides is 1. The summed E-state index contributed by atoms with van der Waals surface area (Å²) in [5.41, 5.74) is 1.56. The van der Waals surface area contributed by atoms with Crippen LogP contribution >= 0.6 is 11.8 Å². The van der Waals surface area contributed by atoms with Crippen LogP contribution in [0.15, 0.2) is 52.4 Å². The van der Waals surface area contributed by atoms with E-state index in [1.54, 1.807) is 32.7 Å². The summed E-state index contributed by atoms with van der Waals surface area (Å²) in [5.74, 6) is 1.72. The average Bonchev–Trinajstić information content (AvgIpc) is 3.21. The summed E-state index contributed by atoms with van der Waals surface area (Å²) < 4.78 is 16.2. The van der Waals surface area contributed by atoms with E-state index in [1.807, 2.05) is 31.2 Å². The Labute approximate surface area is 166 Å². The van der Waals surface area contributed by atoms with Crippen molar-refractivity contribution in [1.82, 2.24) is 20.5 Å². The van der Waals surface area contributed by atoms with Gasteiger partial charge >= 0.3 is 0 Å². The molecule has 0 fully saturated rings. The lowest BCUT2D eigenvalue weighted by Gasteiger charge is -2.18. The highest BCUT2D eigenvalue weighted by molar-refractivity contribution is 7.99. The summed E-state index contributed by atoms with van der Waals surface area (Å²) in [6, 6.07) is 8.81. The Morgan fingerprint density at radius 2 is 2.11 bits per heavy atom. The summed E-state index contributed by atoms with van der Waals surface area (Å²) in [6.07, 6.45) is 3.30. The number of aromatic nitrogens is 3. The van der Waals surface area contributed by atoms with Crippen LogP contribution in [0.2, 0.25) is 0 Å². The van der Waals surface area contributed by atoms with Crippen molar-refractivity contribution in [2.45, 2.75) is 18.2 Å². The number of hydrogen-bond donors (Lipinski definition) is 1. The molecule has 9 heteroatoms. The topological polar surface area (TPSA) is 99.4 Å². The van der Waals surface area contributed by atoms with E-state index in [2.05, 4.69) is 20.5 Å². The highest BCUT2D eigenvalue weighted by atomic mass is 32.2. The van der Waals surface area contributed by atoms with Gasteiger partial charge in [0.05, 0.1) is 31.6 Å². The van der Waals surface area contributed by atoms with Crippen molar-refractivity contribution < 1.29 is 18.7 Å². The molecule has 0 aliphatic carbocycles. The molecule has 0 aliphatic rings. The van der Waals surface area contributed by atoms with Crippen LogP contribution in [-0.2, 0) is 4.79 Å². The Morgan fingerprint density at radius 1 is 1.25 bits per heavy atom. The van der Waals surface area contributed by atoms with E-state index in [0.29, 0.717) is 22.6 Å². The summed E-state index contributed by atoms with van der Waals surface area (Å²) in [4.78, 5) is 16.3. The number of carbonyl (C=O) groups excluding carboxylic acids is 1. The summed E-state index contributed by atoms with van der Waals surface area (Å²) in [7, 11) is 3.18. The fraction of sp³-hybridized carbons (Fsp3) is 0.263. The van der Waals surface area contributed by atoms with Gasteiger partial charge in [-0.2, -0.15) is 0 Å². The minimum absolute atomic E-state index is 0.144. The molecule has 1 atom stereocenters. The van der Waals surface area contributed by atoms with Crippen molar-refractivity contribution in [3.8, 4) is 23.0 Å². The number of nitrogens with zero attached hydrogens (tertiary/aromatic N) is 3. The van der Waals surface area contributed by atoms with Gasteiger partial charge in [-0.3, -0.25) is 9.78 Å². The van der Waals surface area contributed by atoms with Crippen molar-refractivity contribution in [3.63, 3.8) is 0 Å². The van der Waals surface area contributed by atoms with Crippen molar-refractivity contribution in [1.29, 1.82) is 0 Å². The molecule has 1 N–H and O–H groups in total. The monoisotopic (exact) mass is 400 g/mol. The SMILES string of the molecule is COc1ccc(OC)c([C@@H](C)NC(=O)CSc2nnc(-c3cccnc3)o2)c1. The molecule has 2 aromatic heterocycles. The molecule has 0 saturated carbocycles. The Bertz CT molecular complexity index is 933. The highest BCUT2D eigenvalue weighted by Gasteiger charge is 2.17. The van der Waals surface area contributed by atoms with Crippen LogP contribution in [-0.4, -0.2) is 41.1 Å². The first-order valence-electron chi connectivity index (χ1n) is 8.48. The molecule has 0 radical (unpaired) electrons. The maximum Gasteiger partial charge on any atom is 0.277 e. The van der Waals surface area contributed by atoms with Crippen LogP contribution in [0.3, 0.4) is 0 Å². The summed E-state index contributed by atoms with van der Waals surface area (Å²) in [5, 5.41) is 11.2. The van der Waals surface area contributed by atoms with E-state index >= 15 is 0 Å². The molecule has 8 nitrogen and oxygen atoms in total. The second-order valence-corrected chi connectivity index (χ2v) is 6.73. The number of ether oxygens (including phenoxy) is 2. The molecule has 1 aromatic carbocycles. The first-order valence-corrected chi connectivity index (χ1v) is 9.47. The fourth-order valence-electron chi connectivity index (χ4n) is 2.54. The van der Waals surface area contributed by atoms with E-state index in [4.69, 9.17) is 13.9 Å².